The Kier molecular flexibility index (Phi) is 6.89. The minimum Gasteiger partial charge on any atom is -0.396 e. The zero-order valence-electron chi connectivity index (χ0n) is 21.7. The molecule has 4 rings (SSSR count). The predicted octanol–water partition coefficient (Wildman–Crippen LogP) is 6.34. The van der Waals surface area contributed by atoms with Crippen LogP contribution in [0.4, 0.5) is 0 Å². The Morgan fingerprint density at radius 2 is 1.62 bits per heavy atom. The van der Waals surface area contributed by atoms with Gasteiger partial charge >= 0.3 is 0 Å². The average Bonchev–Trinajstić information content (AvgIpc) is 3.08. The molecular formula is C29H52O3. The van der Waals surface area contributed by atoms with Gasteiger partial charge in [0, 0.05) is 6.61 Å². The van der Waals surface area contributed by atoms with E-state index in [1.807, 2.05) is 6.92 Å². The van der Waals surface area contributed by atoms with Crippen molar-refractivity contribution in [3.8, 4) is 0 Å². The fourth-order valence-corrected chi connectivity index (χ4v) is 9.73. The Morgan fingerprint density at radius 1 is 0.906 bits per heavy atom. The van der Waals surface area contributed by atoms with Gasteiger partial charge in [-0.05, 0) is 144 Å². The molecule has 4 fully saturated rings. The van der Waals surface area contributed by atoms with Gasteiger partial charge in [0.25, 0.3) is 0 Å². The first-order valence-electron chi connectivity index (χ1n) is 14.0. The largest absolute Gasteiger partial charge is 0.396 e. The second-order valence-electron chi connectivity index (χ2n) is 13.9. The molecule has 0 amide bonds. The summed E-state index contributed by atoms with van der Waals surface area (Å²) < 4.78 is 0. The van der Waals surface area contributed by atoms with Crippen molar-refractivity contribution in [2.24, 2.45) is 46.3 Å². The van der Waals surface area contributed by atoms with Gasteiger partial charge in [-0.3, -0.25) is 0 Å². The number of fused-ring (bicyclic) bond motifs is 5. The lowest BCUT2D eigenvalue weighted by Gasteiger charge is -2.62. The highest BCUT2D eigenvalue weighted by atomic mass is 16.3. The van der Waals surface area contributed by atoms with Gasteiger partial charge in [0.15, 0.2) is 0 Å². The van der Waals surface area contributed by atoms with Crippen molar-refractivity contribution in [3.05, 3.63) is 0 Å². The Morgan fingerprint density at radius 3 is 2.34 bits per heavy atom. The van der Waals surface area contributed by atoms with Crippen LogP contribution in [-0.2, 0) is 0 Å². The van der Waals surface area contributed by atoms with Gasteiger partial charge in [0.1, 0.15) is 0 Å². The molecule has 0 aromatic carbocycles. The fraction of sp³-hybridized carbons (Fsp3) is 1.00. The van der Waals surface area contributed by atoms with E-state index in [9.17, 15) is 10.2 Å². The average molecular weight is 449 g/mol. The molecule has 10 atom stereocenters. The van der Waals surface area contributed by atoms with Crippen LogP contribution in [0.5, 0.6) is 0 Å². The first-order chi connectivity index (χ1) is 14.9. The van der Waals surface area contributed by atoms with Crippen molar-refractivity contribution < 1.29 is 15.3 Å². The molecule has 4 aliphatic rings. The van der Waals surface area contributed by atoms with Crippen LogP contribution in [-0.4, -0.2) is 33.1 Å². The zero-order valence-corrected chi connectivity index (χ0v) is 21.7. The van der Waals surface area contributed by atoms with Crippen LogP contribution < -0.4 is 0 Å². The topological polar surface area (TPSA) is 60.7 Å². The quantitative estimate of drug-likeness (QED) is 0.426. The number of aliphatic hydroxyl groups is 3. The highest BCUT2D eigenvalue weighted by Gasteiger charge is 2.61. The van der Waals surface area contributed by atoms with Gasteiger partial charge in [-0.15, -0.1) is 0 Å². The summed E-state index contributed by atoms with van der Waals surface area (Å²) in [6, 6.07) is 0. The standard InChI is InChI=1S/C29H52O3/c1-20(11-14-26(2,31)13-6-18-30)23-9-10-24-22-8-7-21-19-27(3,32)16-17-28(21,4)25(22)12-15-29(23,24)5/h20-25,30-32H,6-19H2,1-5H3/t20-,21+,22+,23-,24+,25+,26+,27+,28+,29-/m1/s1. The maximum absolute atomic E-state index is 10.7. The zero-order chi connectivity index (χ0) is 23.4. The number of hydrogen-bond donors (Lipinski definition) is 3. The van der Waals surface area contributed by atoms with Crippen molar-refractivity contribution in [2.75, 3.05) is 6.61 Å². The molecule has 0 aromatic heterocycles. The first-order valence-corrected chi connectivity index (χ1v) is 14.0. The van der Waals surface area contributed by atoms with Crippen LogP contribution in [0.25, 0.3) is 0 Å². The first kappa shape index (κ1) is 25.0. The molecule has 32 heavy (non-hydrogen) atoms. The lowest BCUT2D eigenvalue weighted by molar-refractivity contribution is -0.148. The second-order valence-corrected chi connectivity index (χ2v) is 13.9. The molecule has 186 valence electrons. The third-order valence-corrected chi connectivity index (χ3v) is 11.7. The van der Waals surface area contributed by atoms with E-state index < -0.39 is 11.2 Å². The van der Waals surface area contributed by atoms with E-state index in [1.54, 1.807) is 0 Å². The van der Waals surface area contributed by atoms with E-state index in [0.29, 0.717) is 35.5 Å². The van der Waals surface area contributed by atoms with Gasteiger partial charge < -0.3 is 15.3 Å². The lowest BCUT2D eigenvalue weighted by Crippen LogP contribution is -2.55. The number of rotatable bonds is 7. The molecule has 0 radical (unpaired) electrons. The Balaban J connectivity index is 1.43. The Hall–Kier alpha value is -0.120. The molecule has 3 heteroatoms. The summed E-state index contributed by atoms with van der Waals surface area (Å²) in [6.45, 7) is 11.9. The van der Waals surface area contributed by atoms with E-state index >= 15 is 0 Å². The highest BCUT2D eigenvalue weighted by Crippen LogP contribution is 2.68. The van der Waals surface area contributed by atoms with Crippen molar-refractivity contribution in [1.82, 2.24) is 0 Å². The van der Waals surface area contributed by atoms with Crippen molar-refractivity contribution in [3.63, 3.8) is 0 Å². The van der Waals surface area contributed by atoms with E-state index in [4.69, 9.17) is 5.11 Å². The number of hydrogen-bond acceptors (Lipinski definition) is 3. The summed E-state index contributed by atoms with van der Waals surface area (Å²) in [6.07, 6.45) is 14.9. The summed E-state index contributed by atoms with van der Waals surface area (Å²) in [5.74, 6) is 4.81. The van der Waals surface area contributed by atoms with E-state index in [0.717, 1.165) is 49.4 Å². The third-order valence-electron chi connectivity index (χ3n) is 11.7. The van der Waals surface area contributed by atoms with Crippen LogP contribution in [0.2, 0.25) is 0 Å². The normalized spacial score (nSPS) is 48.9. The van der Waals surface area contributed by atoms with Crippen LogP contribution in [0.3, 0.4) is 0 Å². The monoisotopic (exact) mass is 448 g/mol. The van der Waals surface area contributed by atoms with E-state index in [1.165, 1.54) is 44.9 Å². The maximum atomic E-state index is 10.7. The molecule has 0 saturated heterocycles. The molecule has 3 N–H and O–H groups in total. The molecule has 0 aliphatic heterocycles. The summed E-state index contributed by atoms with van der Waals surface area (Å²) in [7, 11) is 0. The van der Waals surface area contributed by atoms with Crippen LogP contribution in [0, 0.1) is 46.3 Å². The molecular weight excluding hydrogens is 396 g/mol. The van der Waals surface area contributed by atoms with Gasteiger partial charge in [0.2, 0.25) is 0 Å². The fourth-order valence-electron chi connectivity index (χ4n) is 9.73. The molecule has 4 aliphatic carbocycles. The van der Waals surface area contributed by atoms with Crippen molar-refractivity contribution in [1.29, 1.82) is 0 Å². The molecule has 0 aromatic rings. The Labute approximate surface area is 197 Å². The van der Waals surface area contributed by atoms with Crippen molar-refractivity contribution in [2.45, 2.75) is 129 Å². The number of aliphatic hydroxyl groups excluding tert-OH is 1. The van der Waals surface area contributed by atoms with Crippen LogP contribution in [0.15, 0.2) is 0 Å². The summed E-state index contributed by atoms with van der Waals surface area (Å²) >= 11 is 0. The lowest BCUT2D eigenvalue weighted by atomic mass is 9.43. The predicted molar refractivity (Wildman–Crippen MR) is 131 cm³/mol. The van der Waals surface area contributed by atoms with E-state index in [2.05, 4.69) is 27.7 Å². The summed E-state index contributed by atoms with van der Waals surface area (Å²) in [5.41, 5.74) is -0.155. The molecule has 0 heterocycles. The molecule has 0 unspecified atom stereocenters. The Bertz CT molecular complexity index is 657. The third kappa shape index (κ3) is 4.44. The highest BCUT2D eigenvalue weighted by molar-refractivity contribution is 5.10. The van der Waals surface area contributed by atoms with Gasteiger partial charge in [-0.2, -0.15) is 0 Å². The minimum atomic E-state index is -0.636. The van der Waals surface area contributed by atoms with Crippen molar-refractivity contribution >= 4 is 0 Å². The SMILES string of the molecule is C[C@H](CC[C@@](C)(O)CCCO)[C@H]1CC[C@H]2[C@@H]3CC[C@H]4C[C@@](C)(O)CC[C@]4(C)[C@H]3CC[C@]12C. The van der Waals surface area contributed by atoms with Crippen LogP contribution in [0.1, 0.15) is 118 Å². The van der Waals surface area contributed by atoms with Gasteiger partial charge in [0.05, 0.1) is 11.2 Å². The summed E-state index contributed by atoms with van der Waals surface area (Å²) in [4.78, 5) is 0. The van der Waals surface area contributed by atoms with E-state index in [-0.39, 0.29) is 6.61 Å². The molecule has 3 nitrogen and oxygen atoms in total. The minimum absolute atomic E-state index is 0.175. The molecule has 0 spiro atoms. The van der Waals surface area contributed by atoms with Gasteiger partial charge in [-0.1, -0.05) is 20.8 Å². The smallest absolute Gasteiger partial charge is 0.0622 e. The molecule has 4 saturated carbocycles. The second kappa shape index (κ2) is 8.83. The summed E-state index contributed by atoms with van der Waals surface area (Å²) in [5, 5.41) is 30.6. The molecule has 0 bridgehead atoms. The van der Waals surface area contributed by atoms with Crippen LogP contribution >= 0.6 is 0 Å². The maximum Gasteiger partial charge on any atom is 0.0622 e. The van der Waals surface area contributed by atoms with Gasteiger partial charge in [-0.25, -0.2) is 0 Å².